The fourth-order valence-corrected chi connectivity index (χ4v) is 4.53. The minimum Gasteiger partial charge on any atom is -0.507 e. The number of phenolic OH excluding ortho intramolecular Hbond substituents is 1. The van der Waals surface area contributed by atoms with Crippen LogP contribution in [0.1, 0.15) is 29.5 Å². The largest absolute Gasteiger partial charge is 0.507 e. The van der Waals surface area contributed by atoms with Crippen LogP contribution >= 0.6 is 0 Å². The van der Waals surface area contributed by atoms with Gasteiger partial charge in [0.05, 0.1) is 5.56 Å². The van der Waals surface area contributed by atoms with Crippen molar-refractivity contribution in [3.05, 3.63) is 75.6 Å². The van der Waals surface area contributed by atoms with E-state index in [1.165, 1.54) is 24.5 Å². The van der Waals surface area contributed by atoms with E-state index in [-0.39, 0.29) is 11.4 Å². The van der Waals surface area contributed by atoms with Gasteiger partial charge in [0.2, 0.25) is 0 Å². The molecule has 5 nitrogen and oxygen atoms in total. The smallest absolute Gasteiger partial charge is 0.336 e. The number of aromatic hydroxyl groups is 1. The second kappa shape index (κ2) is 9.02. The van der Waals surface area contributed by atoms with Crippen LogP contribution in [0.3, 0.4) is 0 Å². The summed E-state index contributed by atoms with van der Waals surface area (Å²) in [6.07, 6.45) is 2.35. The van der Waals surface area contributed by atoms with E-state index in [0.29, 0.717) is 23.6 Å². The summed E-state index contributed by atoms with van der Waals surface area (Å²) >= 11 is 0. The average Bonchev–Trinajstić information content (AvgIpc) is 2.72. The number of piperidine rings is 1. The van der Waals surface area contributed by atoms with Gasteiger partial charge in [0.1, 0.15) is 11.3 Å². The van der Waals surface area contributed by atoms with Crippen molar-refractivity contribution in [2.24, 2.45) is 5.92 Å². The van der Waals surface area contributed by atoms with Crippen LogP contribution in [0.4, 0.5) is 0 Å². The Hall–Kier alpha value is -2.63. The summed E-state index contributed by atoms with van der Waals surface area (Å²) < 4.78 is 5.47. The zero-order valence-corrected chi connectivity index (χ0v) is 17.8. The molecule has 0 radical (unpaired) electrons. The normalized spacial score (nSPS) is 15.8. The van der Waals surface area contributed by atoms with Gasteiger partial charge in [-0.25, -0.2) is 4.79 Å². The van der Waals surface area contributed by atoms with Crippen LogP contribution in [0.2, 0.25) is 0 Å². The second-order valence-electron chi connectivity index (χ2n) is 8.59. The third-order valence-electron chi connectivity index (χ3n) is 6.15. The molecule has 0 atom stereocenters. The van der Waals surface area contributed by atoms with Crippen molar-refractivity contribution in [1.29, 1.82) is 0 Å². The van der Waals surface area contributed by atoms with Gasteiger partial charge in [-0.05, 0) is 69.1 Å². The molecule has 4 rings (SSSR count). The van der Waals surface area contributed by atoms with Crippen molar-refractivity contribution in [2.75, 3.05) is 26.7 Å². The second-order valence-corrected chi connectivity index (χ2v) is 8.59. The Bertz CT molecular complexity index is 1050. The first-order valence-corrected chi connectivity index (χ1v) is 10.7. The highest BCUT2D eigenvalue weighted by Gasteiger charge is 2.22. The average molecular weight is 407 g/mol. The minimum atomic E-state index is -0.375. The van der Waals surface area contributed by atoms with Crippen molar-refractivity contribution >= 4 is 11.0 Å². The number of hydrogen-bond donors (Lipinski definition) is 1. The van der Waals surface area contributed by atoms with E-state index in [1.54, 1.807) is 6.07 Å². The van der Waals surface area contributed by atoms with Crippen molar-refractivity contribution in [3.8, 4) is 5.75 Å². The number of nitrogens with zero attached hydrogens (tertiary/aromatic N) is 2. The summed E-state index contributed by atoms with van der Waals surface area (Å²) in [5.41, 5.74) is 3.06. The van der Waals surface area contributed by atoms with Crippen molar-refractivity contribution in [1.82, 2.24) is 9.80 Å². The summed E-state index contributed by atoms with van der Waals surface area (Å²) in [7, 11) is 2.07. The lowest BCUT2D eigenvalue weighted by Gasteiger charge is -2.34. The van der Waals surface area contributed by atoms with Gasteiger partial charge in [-0.1, -0.05) is 30.3 Å². The van der Waals surface area contributed by atoms with E-state index in [4.69, 9.17) is 4.42 Å². The molecule has 2 heterocycles. The number of fused-ring (bicyclic) bond motifs is 1. The topological polar surface area (TPSA) is 56.9 Å². The van der Waals surface area contributed by atoms with Crippen LogP contribution in [0.25, 0.3) is 11.0 Å². The molecule has 3 aromatic rings. The standard InChI is InChI=1S/C25H30N2O3/c1-18-14-24(29)30-25-21(18)8-9-23(28)22(25)17-26(2)15-20-10-12-27(13-11-20)16-19-6-4-3-5-7-19/h3-9,14,20,28H,10-13,15-17H2,1-2H3. The van der Waals surface area contributed by atoms with E-state index >= 15 is 0 Å². The lowest BCUT2D eigenvalue weighted by molar-refractivity contribution is 0.147. The summed E-state index contributed by atoms with van der Waals surface area (Å²) in [6, 6.07) is 15.7. The van der Waals surface area contributed by atoms with Gasteiger partial charge in [-0.15, -0.1) is 0 Å². The molecule has 158 valence electrons. The fraction of sp³-hybridized carbons (Fsp3) is 0.400. The predicted molar refractivity (Wildman–Crippen MR) is 120 cm³/mol. The van der Waals surface area contributed by atoms with Gasteiger partial charge in [0.15, 0.2) is 0 Å². The first-order chi connectivity index (χ1) is 14.5. The van der Waals surface area contributed by atoms with E-state index < -0.39 is 0 Å². The molecule has 1 aliphatic rings. The van der Waals surface area contributed by atoms with Gasteiger partial charge < -0.3 is 14.4 Å². The lowest BCUT2D eigenvalue weighted by Crippen LogP contribution is -2.37. The van der Waals surface area contributed by atoms with Crippen molar-refractivity contribution in [3.63, 3.8) is 0 Å². The van der Waals surface area contributed by atoms with Crippen molar-refractivity contribution < 1.29 is 9.52 Å². The summed E-state index contributed by atoms with van der Waals surface area (Å²) in [6.45, 7) is 6.66. The Labute approximate surface area is 177 Å². The molecule has 30 heavy (non-hydrogen) atoms. The van der Waals surface area contributed by atoms with Crippen LogP contribution in [0.5, 0.6) is 5.75 Å². The molecular formula is C25H30N2O3. The quantitative estimate of drug-likeness (QED) is 0.623. The maximum Gasteiger partial charge on any atom is 0.336 e. The molecule has 2 aromatic carbocycles. The molecule has 0 bridgehead atoms. The van der Waals surface area contributed by atoms with Gasteiger partial charge in [0, 0.05) is 31.1 Å². The monoisotopic (exact) mass is 406 g/mol. The summed E-state index contributed by atoms with van der Waals surface area (Å²) in [5, 5.41) is 11.3. The van der Waals surface area contributed by atoms with E-state index in [0.717, 1.165) is 37.1 Å². The number of phenols is 1. The molecule has 0 spiro atoms. The predicted octanol–water partition coefficient (Wildman–Crippen LogP) is 4.15. The summed E-state index contributed by atoms with van der Waals surface area (Å²) in [5.74, 6) is 0.814. The Morgan fingerprint density at radius 3 is 2.60 bits per heavy atom. The van der Waals surface area contributed by atoms with E-state index in [9.17, 15) is 9.90 Å². The van der Waals surface area contributed by atoms with Gasteiger partial charge in [-0.3, -0.25) is 4.90 Å². The van der Waals surface area contributed by atoms with E-state index in [1.807, 2.05) is 13.0 Å². The van der Waals surface area contributed by atoms with E-state index in [2.05, 4.69) is 47.2 Å². The Morgan fingerprint density at radius 2 is 1.87 bits per heavy atom. The van der Waals surface area contributed by atoms with Crippen molar-refractivity contribution in [2.45, 2.75) is 32.9 Å². The number of hydrogen-bond acceptors (Lipinski definition) is 5. The fourth-order valence-electron chi connectivity index (χ4n) is 4.53. The zero-order chi connectivity index (χ0) is 21.1. The van der Waals surface area contributed by atoms with Crippen LogP contribution in [0, 0.1) is 12.8 Å². The first kappa shape index (κ1) is 20.6. The molecule has 0 aliphatic carbocycles. The SMILES string of the molecule is Cc1cc(=O)oc2c(CN(C)CC3CCN(Cc4ccccc4)CC3)c(O)ccc12. The molecule has 1 saturated heterocycles. The molecule has 1 N–H and O–H groups in total. The molecule has 1 aliphatic heterocycles. The maximum atomic E-state index is 11.9. The Balaban J connectivity index is 1.37. The number of rotatable bonds is 6. The number of likely N-dealkylation sites (tertiary alicyclic amines) is 1. The zero-order valence-electron chi connectivity index (χ0n) is 17.8. The highest BCUT2D eigenvalue weighted by atomic mass is 16.4. The third-order valence-corrected chi connectivity index (χ3v) is 6.15. The highest BCUT2D eigenvalue weighted by molar-refractivity contribution is 5.84. The molecule has 5 heteroatoms. The van der Waals surface area contributed by atoms with Crippen LogP contribution in [0.15, 0.2) is 57.7 Å². The first-order valence-electron chi connectivity index (χ1n) is 10.7. The highest BCUT2D eigenvalue weighted by Crippen LogP contribution is 2.29. The molecule has 0 unspecified atom stereocenters. The van der Waals surface area contributed by atoms with Crippen LogP contribution in [-0.4, -0.2) is 41.6 Å². The Kier molecular flexibility index (Phi) is 6.21. The number of aryl methyl sites for hydroxylation is 1. The van der Waals surface area contributed by atoms with Gasteiger partial charge >= 0.3 is 5.63 Å². The molecule has 0 saturated carbocycles. The van der Waals surface area contributed by atoms with Crippen LogP contribution in [-0.2, 0) is 13.1 Å². The van der Waals surface area contributed by atoms with Gasteiger partial charge in [0.25, 0.3) is 0 Å². The molecule has 0 amide bonds. The Morgan fingerprint density at radius 1 is 1.13 bits per heavy atom. The molecule has 1 fully saturated rings. The lowest BCUT2D eigenvalue weighted by atomic mass is 9.95. The molecular weight excluding hydrogens is 376 g/mol. The summed E-state index contributed by atoms with van der Waals surface area (Å²) in [4.78, 5) is 16.6. The van der Waals surface area contributed by atoms with Crippen LogP contribution < -0.4 is 5.63 Å². The minimum absolute atomic E-state index is 0.181. The maximum absolute atomic E-state index is 11.9. The third kappa shape index (κ3) is 4.74. The number of benzene rings is 2. The van der Waals surface area contributed by atoms with Gasteiger partial charge in [-0.2, -0.15) is 0 Å². The molecule has 1 aromatic heterocycles.